The van der Waals surface area contributed by atoms with E-state index in [1.54, 1.807) is 6.20 Å². The molecule has 2 aromatic rings. The smallest absolute Gasteiger partial charge is 0.154 e. The van der Waals surface area contributed by atoms with Gasteiger partial charge in [-0.1, -0.05) is 0 Å². The average molecular weight is 302 g/mol. The highest BCUT2D eigenvalue weighted by Gasteiger charge is 2.51. The first kappa shape index (κ1) is 14.0. The predicted molar refractivity (Wildman–Crippen MR) is 83.5 cm³/mol. The molecule has 118 valence electrons. The maximum absolute atomic E-state index is 10.1. The number of imidazole rings is 1. The van der Waals surface area contributed by atoms with E-state index in [-0.39, 0.29) is 11.8 Å². The molecule has 2 saturated carbocycles. The highest BCUT2D eigenvalue weighted by atomic mass is 16.3. The number of nitrogens with one attached hydrogen (secondary N) is 1. The third kappa shape index (κ3) is 1.94. The number of hydrogen-bond acceptors (Lipinski definition) is 5. The first-order valence-electron chi connectivity index (χ1n) is 7.94. The number of nitrogens with zero attached hydrogens (tertiary/aromatic N) is 3. The van der Waals surface area contributed by atoms with E-state index in [2.05, 4.69) is 19.9 Å². The van der Waals surface area contributed by atoms with Gasteiger partial charge < -0.3 is 20.1 Å². The molecule has 2 heterocycles. The summed E-state index contributed by atoms with van der Waals surface area (Å²) in [4.78, 5) is 9.00. The summed E-state index contributed by atoms with van der Waals surface area (Å²) >= 11 is 0. The van der Waals surface area contributed by atoms with Crippen LogP contribution in [0.1, 0.15) is 18.7 Å². The first-order chi connectivity index (χ1) is 10.6. The molecule has 3 N–H and O–H groups in total. The number of aryl methyl sites for hydroxylation is 2. The predicted octanol–water partition coefficient (Wildman–Crippen LogP) is 1.07. The van der Waals surface area contributed by atoms with Crippen LogP contribution in [0, 0.1) is 24.7 Å². The quantitative estimate of drug-likeness (QED) is 0.790. The Morgan fingerprint density at radius 3 is 2.86 bits per heavy atom. The summed E-state index contributed by atoms with van der Waals surface area (Å²) in [5.41, 5.74) is 1.96. The zero-order valence-electron chi connectivity index (χ0n) is 12.9. The number of aliphatic hydroxyl groups excluding tert-OH is 2. The van der Waals surface area contributed by atoms with Crippen LogP contribution in [0.5, 0.6) is 0 Å². The van der Waals surface area contributed by atoms with Crippen molar-refractivity contribution in [2.75, 3.05) is 11.9 Å². The van der Waals surface area contributed by atoms with Gasteiger partial charge in [0.15, 0.2) is 5.82 Å². The lowest BCUT2D eigenvalue weighted by atomic mass is 9.85. The second-order valence-corrected chi connectivity index (χ2v) is 6.76. The minimum Gasteiger partial charge on any atom is -0.390 e. The number of aliphatic hydroxyl groups is 2. The van der Waals surface area contributed by atoms with Crippen molar-refractivity contribution >= 4 is 16.9 Å². The summed E-state index contributed by atoms with van der Waals surface area (Å²) in [6, 6.07) is 1.97. The zero-order chi connectivity index (χ0) is 15.4. The Hall–Kier alpha value is -1.66. The molecular formula is C16H22N4O2. The zero-order valence-corrected chi connectivity index (χ0v) is 12.9. The normalized spacial score (nSPS) is 33.7. The molecule has 2 aliphatic carbocycles. The molecule has 0 spiro atoms. The van der Waals surface area contributed by atoms with Crippen molar-refractivity contribution in [1.29, 1.82) is 0 Å². The van der Waals surface area contributed by atoms with Crippen molar-refractivity contribution < 1.29 is 10.2 Å². The summed E-state index contributed by atoms with van der Waals surface area (Å²) in [5.74, 6) is 2.62. The Bertz CT molecular complexity index is 711. The minimum atomic E-state index is -0.564. The average Bonchev–Trinajstić information content (AvgIpc) is 3.14. The van der Waals surface area contributed by atoms with E-state index in [9.17, 15) is 10.2 Å². The molecule has 22 heavy (non-hydrogen) atoms. The van der Waals surface area contributed by atoms with Crippen LogP contribution in [0.3, 0.4) is 0 Å². The largest absolute Gasteiger partial charge is 0.390 e. The molecule has 4 rings (SSSR count). The molecule has 0 saturated heterocycles. The van der Waals surface area contributed by atoms with E-state index in [1.807, 2.05) is 20.0 Å². The third-order valence-corrected chi connectivity index (χ3v) is 5.61. The van der Waals surface area contributed by atoms with Crippen LogP contribution in [0.25, 0.3) is 11.0 Å². The molecule has 0 aromatic carbocycles. The Kier molecular flexibility index (Phi) is 3.13. The Morgan fingerprint density at radius 1 is 1.32 bits per heavy atom. The maximum atomic E-state index is 10.1. The van der Waals surface area contributed by atoms with Crippen LogP contribution in [0.4, 0.5) is 5.82 Å². The topological polar surface area (TPSA) is 83.2 Å². The fraction of sp³-hybridized carbons (Fsp3) is 0.625. The molecule has 5 atom stereocenters. The van der Waals surface area contributed by atoms with E-state index < -0.39 is 12.2 Å². The fourth-order valence-corrected chi connectivity index (χ4v) is 4.26. The van der Waals surface area contributed by atoms with Gasteiger partial charge in [0.2, 0.25) is 0 Å². The van der Waals surface area contributed by atoms with Crippen LogP contribution >= 0.6 is 0 Å². The number of pyridine rings is 1. The van der Waals surface area contributed by atoms with Crippen LogP contribution in [-0.2, 0) is 7.05 Å². The first-order valence-corrected chi connectivity index (χ1v) is 7.94. The van der Waals surface area contributed by atoms with Crippen LogP contribution in [-0.4, -0.2) is 43.5 Å². The highest BCUT2D eigenvalue weighted by Crippen LogP contribution is 2.48. The van der Waals surface area contributed by atoms with Gasteiger partial charge in [0.25, 0.3) is 0 Å². The lowest BCUT2D eigenvalue weighted by Gasteiger charge is -2.29. The van der Waals surface area contributed by atoms with Gasteiger partial charge in [-0.25, -0.2) is 9.97 Å². The Labute approximate surface area is 129 Å². The summed E-state index contributed by atoms with van der Waals surface area (Å²) < 4.78 is 2.06. The molecule has 0 radical (unpaired) electrons. The van der Waals surface area contributed by atoms with Gasteiger partial charge in [0.1, 0.15) is 11.3 Å². The van der Waals surface area contributed by atoms with E-state index in [0.29, 0.717) is 5.92 Å². The second-order valence-electron chi connectivity index (χ2n) is 6.76. The molecule has 6 nitrogen and oxygen atoms in total. The molecule has 2 fully saturated rings. The summed E-state index contributed by atoms with van der Waals surface area (Å²) in [6.45, 7) is 2.75. The SMILES string of the molecule is Cc1nc2c(NC[C@@H]3C[C@H]4C[C@@H]3[C@H](O)[C@@H]4O)nccc2n1C. The maximum Gasteiger partial charge on any atom is 0.154 e. The van der Waals surface area contributed by atoms with E-state index in [0.717, 1.165) is 42.1 Å². The molecule has 0 aliphatic heterocycles. The van der Waals surface area contributed by atoms with Crippen molar-refractivity contribution in [3.63, 3.8) is 0 Å². The van der Waals surface area contributed by atoms with Crippen LogP contribution < -0.4 is 5.32 Å². The number of anilines is 1. The Morgan fingerprint density at radius 2 is 2.14 bits per heavy atom. The van der Waals surface area contributed by atoms with Gasteiger partial charge in [-0.05, 0) is 43.6 Å². The van der Waals surface area contributed by atoms with E-state index in [1.165, 1.54) is 0 Å². The number of fused-ring (bicyclic) bond motifs is 3. The van der Waals surface area contributed by atoms with Crippen molar-refractivity contribution in [1.82, 2.24) is 14.5 Å². The monoisotopic (exact) mass is 302 g/mol. The van der Waals surface area contributed by atoms with Gasteiger partial charge in [0, 0.05) is 19.8 Å². The van der Waals surface area contributed by atoms with E-state index >= 15 is 0 Å². The molecule has 2 aromatic heterocycles. The summed E-state index contributed by atoms with van der Waals surface area (Å²) in [7, 11) is 2.00. The van der Waals surface area contributed by atoms with Gasteiger partial charge >= 0.3 is 0 Å². The van der Waals surface area contributed by atoms with Crippen molar-refractivity contribution in [3.8, 4) is 0 Å². The molecule has 6 heteroatoms. The number of aromatic nitrogens is 3. The highest BCUT2D eigenvalue weighted by molar-refractivity contribution is 5.86. The number of hydrogen-bond donors (Lipinski definition) is 3. The lowest BCUT2D eigenvalue weighted by Crippen LogP contribution is -2.38. The van der Waals surface area contributed by atoms with Crippen molar-refractivity contribution in [2.45, 2.75) is 32.0 Å². The van der Waals surface area contributed by atoms with Gasteiger partial charge in [0.05, 0.1) is 17.7 Å². The van der Waals surface area contributed by atoms with Crippen molar-refractivity contribution in [3.05, 3.63) is 18.1 Å². The Balaban J connectivity index is 1.52. The van der Waals surface area contributed by atoms with Gasteiger partial charge in [-0.3, -0.25) is 0 Å². The molecular weight excluding hydrogens is 280 g/mol. The standard InChI is InChI=1S/C16H22N4O2/c1-8-19-13-12(20(8)2)3-4-17-16(13)18-7-10-5-9-6-11(10)15(22)14(9)21/h3-4,9-11,14-15,21-22H,5-7H2,1-2H3,(H,17,18)/t9-,10-,11-,14+,15-/m0/s1. The summed E-state index contributed by atoms with van der Waals surface area (Å²) in [5, 5.41) is 23.3. The molecule has 2 aliphatic rings. The third-order valence-electron chi connectivity index (χ3n) is 5.61. The molecule has 2 bridgehead atoms. The fourth-order valence-electron chi connectivity index (χ4n) is 4.26. The van der Waals surface area contributed by atoms with Crippen molar-refractivity contribution in [2.24, 2.45) is 24.8 Å². The van der Waals surface area contributed by atoms with Crippen LogP contribution in [0.2, 0.25) is 0 Å². The summed E-state index contributed by atoms with van der Waals surface area (Å²) in [6.07, 6.45) is 2.63. The van der Waals surface area contributed by atoms with E-state index in [4.69, 9.17) is 0 Å². The molecule has 0 amide bonds. The second kappa shape index (κ2) is 4.93. The minimum absolute atomic E-state index is 0.206. The molecule has 0 unspecified atom stereocenters. The van der Waals surface area contributed by atoms with Gasteiger partial charge in [-0.2, -0.15) is 0 Å². The van der Waals surface area contributed by atoms with Gasteiger partial charge in [-0.15, -0.1) is 0 Å². The number of rotatable bonds is 3. The lowest BCUT2D eigenvalue weighted by molar-refractivity contribution is -0.0317. The van der Waals surface area contributed by atoms with Crippen LogP contribution in [0.15, 0.2) is 12.3 Å².